The predicted octanol–water partition coefficient (Wildman–Crippen LogP) is 3.46. The number of alkyl halides is 4. The number of fused-ring (bicyclic) bond motifs is 1. The molecule has 0 spiro atoms. The van der Waals surface area contributed by atoms with Gasteiger partial charge in [0.05, 0.1) is 22.5 Å². The minimum Gasteiger partial charge on any atom is -0.377 e. The fraction of sp³-hybridized carbons (Fsp3) is 0.250. The van der Waals surface area contributed by atoms with Crippen molar-refractivity contribution in [1.82, 2.24) is 4.98 Å². The van der Waals surface area contributed by atoms with Gasteiger partial charge in [0.15, 0.2) is 0 Å². The number of pyridine rings is 1. The van der Waals surface area contributed by atoms with Gasteiger partial charge in [-0.15, -0.1) is 0 Å². The Balaban J connectivity index is 2.38. The van der Waals surface area contributed by atoms with Crippen LogP contribution in [-0.2, 0) is 0 Å². The Morgan fingerprint density at radius 2 is 2.05 bits per heavy atom. The van der Waals surface area contributed by atoms with Gasteiger partial charge in [-0.05, 0) is 18.2 Å². The summed E-state index contributed by atoms with van der Waals surface area (Å²) in [6.07, 6.45) is -2.48. The van der Waals surface area contributed by atoms with Gasteiger partial charge < -0.3 is 5.32 Å². The molecule has 5 nitrogen and oxygen atoms in total. The van der Waals surface area contributed by atoms with Crippen LogP contribution in [0.25, 0.3) is 10.9 Å². The number of hydrogen-bond acceptors (Lipinski definition) is 4. The van der Waals surface area contributed by atoms with Crippen LogP contribution < -0.4 is 5.32 Å². The van der Waals surface area contributed by atoms with E-state index in [1.54, 1.807) is 0 Å². The molecular weight excluding hydrogens is 294 g/mol. The zero-order chi connectivity index (χ0) is 15.6. The van der Waals surface area contributed by atoms with E-state index in [0.29, 0.717) is 0 Å². The SMILES string of the molecule is O=[N+]([O-])c1ccc(NCC(F)(F)C(F)F)c2ncccc12. The van der Waals surface area contributed by atoms with E-state index in [4.69, 9.17) is 0 Å². The van der Waals surface area contributed by atoms with Crippen molar-refractivity contribution >= 4 is 22.3 Å². The summed E-state index contributed by atoms with van der Waals surface area (Å²) in [5, 5.41) is 13.2. The molecule has 1 N–H and O–H groups in total. The van der Waals surface area contributed by atoms with Gasteiger partial charge in [-0.2, -0.15) is 8.78 Å². The molecule has 0 saturated carbocycles. The van der Waals surface area contributed by atoms with Crippen LogP contribution in [0.1, 0.15) is 0 Å². The Morgan fingerprint density at radius 3 is 2.67 bits per heavy atom. The number of anilines is 1. The van der Waals surface area contributed by atoms with E-state index in [1.165, 1.54) is 18.3 Å². The van der Waals surface area contributed by atoms with Gasteiger partial charge in [0.1, 0.15) is 5.52 Å². The molecule has 2 rings (SSSR count). The molecule has 1 aromatic heterocycles. The van der Waals surface area contributed by atoms with Crippen LogP contribution in [0.4, 0.5) is 28.9 Å². The van der Waals surface area contributed by atoms with Crippen molar-refractivity contribution in [3.05, 3.63) is 40.6 Å². The van der Waals surface area contributed by atoms with Crippen LogP contribution in [-0.4, -0.2) is 28.8 Å². The number of aromatic nitrogens is 1. The normalized spacial score (nSPS) is 11.9. The fourth-order valence-corrected chi connectivity index (χ4v) is 1.75. The lowest BCUT2D eigenvalue weighted by Crippen LogP contribution is -2.34. The fourth-order valence-electron chi connectivity index (χ4n) is 1.75. The molecule has 0 aliphatic heterocycles. The zero-order valence-electron chi connectivity index (χ0n) is 10.4. The number of non-ortho nitro benzene ring substituents is 1. The molecule has 1 heterocycles. The second-order valence-electron chi connectivity index (χ2n) is 4.20. The van der Waals surface area contributed by atoms with Gasteiger partial charge in [0, 0.05) is 12.3 Å². The molecule has 21 heavy (non-hydrogen) atoms. The van der Waals surface area contributed by atoms with Crippen LogP contribution in [0.15, 0.2) is 30.5 Å². The molecule has 0 aliphatic carbocycles. The van der Waals surface area contributed by atoms with Crippen molar-refractivity contribution in [2.24, 2.45) is 0 Å². The summed E-state index contributed by atoms with van der Waals surface area (Å²) >= 11 is 0. The largest absolute Gasteiger partial charge is 0.377 e. The number of hydrogen-bond donors (Lipinski definition) is 1. The van der Waals surface area contributed by atoms with Gasteiger partial charge in [0.2, 0.25) is 0 Å². The third-order valence-electron chi connectivity index (χ3n) is 2.78. The molecule has 0 atom stereocenters. The molecule has 0 saturated heterocycles. The topological polar surface area (TPSA) is 68.1 Å². The second kappa shape index (κ2) is 5.51. The summed E-state index contributed by atoms with van der Waals surface area (Å²) in [4.78, 5) is 14.1. The standard InChI is InChI=1S/C12H9F4N3O2/c13-11(14)12(15,16)6-18-8-3-4-9(19(20)21)7-2-1-5-17-10(7)8/h1-5,11,18H,6H2. The minimum atomic E-state index is -4.21. The predicted molar refractivity (Wildman–Crippen MR) is 67.8 cm³/mol. The molecule has 0 fully saturated rings. The molecule has 0 unspecified atom stereocenters. The summed E-state index contributed by atoms with van der Waals surface area (Å²) < 4.78 is 50.0. The number of benzene rings is 1. The highest BCUT2D eigenvalue weighted by Gasteiger charge is 2.40. The van der Waals surface area contributed by atoms with Crippen LogP contribution in [0, 0.1) is 10.1 Å². The lowest BCUT2D eigenvalue weighted by Gasteiger charge is -2.17. The third-order valence-corrected chi connectivity index (χ3v) is 2.78. The monoisotopic (exact) mass is 303 g/mol. The summed E-state index contributed by atoms with van der Waals surface area (Å²) in [5.74, 6) is -4.21. The highest BCUT2D eigenvalue weighted by Crippen LogP contribution is 2.31. The quantitative estimate of drug-likeness (QED) is 0.522. The average molecular weight is 303 g/mol. The maximum absolute atomic E-state index is 12.9. The number of nitro benzene ring substituents is 1. The van der Waals surface area contributed by atoms with Gasteiger partial charge >= 0.3 is 12.3 Å². The number of halogens is 4. The Labute approximate surface area is 115 Å². The van der Waals surface area contributed by atoms with Crippen molar-refractivity contribution in [2.45, 2.75) is 12.3 Å². The minimum absolute atomic E-state index is 0.0246. The molecule has 1 aromatic carbocycles. The van der Waals surface area contributed by atoms with E-state index in [-0.39, 0.29) is 22.3 Å². The molecule has 0 bridgehead atoms. The lowest BCUT2D eigenvalue weighted by molar-refractivity contribution is -0.383. The van der Waals surface area contributed by atoms with Crippen molar-refractivity contribution in [2.75, 3.05) is 11.9 Å². The van der Waals surface area contributed by atoms with Crippen LogP contribution >= 0.6 is 0 Å². The van der Waals surface area contributed by atoms with E-state index in [9.17, 15) is 27.7 Å². The van der Waals surface area contributed by atoms with E-state index < -0.39 is 23.8 Å². The van der Waals surface area contributed by atoms with E-state index in [0.717, 1.165) is 12.1 Å². The molecular formula is C12H9F4N3O2. The molecule has 2 aromatic rings. The van der Waals surface area contributed by atoms with Crippen LogP contribution in [0.3, 0.4) is 0 Å². The molecule has 9 heteroatoms. The number of nitrogens with zero attached hydrogens (tertiary/aromatic N) is 2. The Morgan fingerprint density at radius 1 is 1.33 bits per heavy atom. The first-order chi connectivity index (χ1) is 9.83. The summed E-state index contributed by atoms with van der Waals surface area (Å²) in [5.41, 5.74) is -0.155. The number of rotatable bonds is 5. The van der Waals surface area contributed by atoms with E-state index in [2.05, 4.69) is 10.3 Å². The summed E-state index contributed by atoms with van der Waals surface area (Å²) in [7, 11) is 0. The van der Waals surface area contributed by atoms with Crippen molar-refractivity contribution < 1.29 is 22.5 Å². The van der Waals surface area contributed by atoms with Gasteiger partial charge in [0.25, 0.3) is 5.69 Å². The number of nitrogens with one attached hydrogen (secondary N) is 1. The van der Waals surface area contributed by atoms with Crippen LogP contribution in [0.2, 0.25) is 0 Å². The lowest BCUT2D eigenvalue weighted by atomic mass is 10.1. The highest BCUT2D eigenvalue weighted by atomic mass is 19.3. The van der Waals surface area contributed by atoms with Gasteiger partial charge in [-0.1, -0.05) is 0 Å². The zero-order valence-corrected chi connectivity index (χ0v) is 10.4. The van der Waals surface area contributed by atoms with Gasteiger partial charge in [-0.25, -0.2) is 8.78 Å². The third kappa shape index (κ3) is 3.01. The van der Waals surface area contributed by atoms with E-state index in [1.807, 2.05) is 0 Å². The van der Waals surface area contributed by atoms with Gasteiger partial charge in [-0.3, -0.25) is 15.1 Å². The Hall–Kier alpha value is -2.45. The average Bonchev–Trinajstić information content (AvgIpc) is 2.44. The van der Waals surface area contributed by atoms with Crippen molar-refractivity contribution in [1.29, 1.82) is 0 Å². The smallest absolute Gasteiger partial charge is 0.324 e. The maximum Gasteiger partial charge on any atom is 0.324 e. The van der Waals surface area contributed by atoms with E-state index >= 15 is 0 Å². The van der Waals surface area contributed by atoms with Crippen LogP contribution in [0.5, 0.6) is 0 Å². The molecule has 0 radical (unpaired) electrons. The van der Waals surface area contributed by atoms with Crippen molar-refractivity contribution in [3.63, 3.8) is 0 Å². The van der Waals surface area contributed by atoms with Crippen molar-refractivity contribution in [3.8, 4) is 0 Å². The molecule has 112 valence electrons. The second-order valence-corrected chi connectivity index (χ2v) is 4.20. The summed E-state index contributed by atoms with van der Waals surface area (Å²) in [6, 6.07) is 5.12. The highest BCUT2D eigenvalue weighted by molar-refractivity contribution is 5.96. The first-order valence-corrected chi connectivity index (χ1v) is 5.75. The molecule has 0 aliphatic rings. The molecule has 0 amide bonds. The Kier molecular flexibility index (Phi) is 3.92. The first kappa shape index (κ1) is 14.9. The first-order valence-electron chi connectivity index (χ1n) is 5.75. The number of nitro groups is 1. The maximum atomic E-state index is 12.9. The Bertz CT molecular complexity index is 679. The summed E-state index contributed by atoms with van der Waals surface area (Å²) in [6.45, 7) is -1.30.